The number of nitrogens with zero attached hydrogens (tertiary/aromatic N) is 2. The van der Waals surface area contributed by atoms with Crippen LogP contribution in [-0.4, -0.2) is 64.4 Å². The molecule has 2 atom stereocenters. The summed E-state index contributed by atoms with van der Waals surface area (Å²) < 4.78 is 5.26. The van der Waals surface area contributed by atoms with Crippen LogP contribution in [0.1, 0.15) is 39.2 Å². The van der Waals surface area contributed by atoms with Crippen molar-refractivity contribution in [3.63, 3.8) is 0 Å². The average Bonchev–Trinajstić information content (AvgIpc) is 3.21. The SMILES string of the molecule is CC(C)(C)OC(=O)NC(Cc1ccc([N+](=O)[O-])cc1)C(=O)N1CCCC1C(=O)NC(=O)CN. The number of amides is 4. The van der Waals surface area contributed by atoms with Crippen LogP contribution in [0.3, 0.4) is 0 Å². The van der Waals surface area contributed by atoms with E-state index in [9.17, 15) is 29.3 Å². The largest absolute Gasteiger partial charge is 0.444 e. The second kappa shape index (κ2) is 10.9. The van der Waals surface area contributed by atoms with E-state index in [4.69, 9.17) is 10.5 Å². The highest BCUT2D eigenvalue weighted by Gasteiger charge is 2.38. The minimum absolute atomic E-state index is 0.0165. The van der Waals surface area contributed by atoms with Gasteiger partial charge in [-0.1, -0.05) is 12.1 Å². The molecule has 0 bridgehead atoms. The van der Waals surface area contributed by atoms with Crippen LogP contribution in [0.25, 0.3) is 0 Å². The van der Waals surface area contributed by atoms with Crippen LogP contribution in [-0.2, 0) is 25.5 Å². The number of likely N-dealkylation sites (tertiary alicyclic amines) is 1. The zero-order valence-electron chi connectivity index (χ0n) is 18.8. The minimum Gasteiger partial charge on any atom is -0.444 e. The van der Waals surface area contributed by atoms with E-state index in [-0.39, 0.29) is 25.2 Å². The Labute approximate surface area is 191 Å². The Hall–Kier alpha value is -3.54. The van der Waals surface area contributed by atoms with Crippen molar-refractivity contribution in [3.05, 3.63) is 39.9 Å². The first-order chi connectivity index (χ1) is 15.4. The number of hydrogen-bond acceptors (Lipinski definition) is 8. The monoisotopic (exact) mass is 463 g/mol. The zero-order chi connectivity index (χ0) is 24.8. The van der Waals surface area contributed by atoms with Gasteiger partial charge in [0.15, 0.2) is 0 Å². The number of imide groups is 1. The lowest BCUT2D eigenvalue weighted by atomic mass is 10.0. The van der Waals surface area contributed by atoms with Crippen LogP contribution in [0.15, 0.2) is 24.3 Å². The summed E-state index contributed by atoms with van der Waals surface area (Å²) in [5, 5.41) is 15.6. The molecule has 2 rings (SSSR count). The van der Waals surface area contributed by atoms with Gasteiger partial charge in [-0.3, -0.25) is 29.8 Å². The fourth-order valence-corrected chi connectivity index (χ4v) is 3.41. The van der Waals surface area contributed by atoms with Crippen molar-refractivity contribution >= 4 is 29.5 Å². The molecule has 0 aliphatic carbocycles. The molecule has 1 aromatic rings. The molecule has 12 heteroatoms. The van der Waals surface area contributed by atoms with Crippen molar-refractivity contribution in [2.75, 3.05) is 13.1 Å². The molecule has 1 saturated heterocycles. The third kappa shape index (κ3) is 7.52. The number of nitro groups is 1. The van der Waals surface area contributed by atoms with E-state index in [1.807, 2.05) is 0 Å². The number of alkyl carbamates (subject to hydrolysis) is 1. The molecule has 2 unspecified atom stereocenters. The molecule has 0 radical (unpaired) electrons. The molecule has 180 valence electrons. The number of nitrogens with two attached hydrogens (primary N) is 1. The van der Waals surface area contributed by atoms with E-state index < -0.39 is 46.4 Å². The van der Waals surface area contributed by atoms with E-state index in [0.717, 1.165) is 0 Å². The highest BCUT2D eigenvalue weighted by molar-refractivity contribution is 6.00. The predicted octanol–water partition coefficient (Wildman–Crippen LogP) is 0.623. The standard InChI is InChI=1S/C21H29N5O7/c1-21(2,3)33-20(30)23-15(11-13-6-8-14(9-7-13)26(31)32)19(29)25-10-4-5-16(25)18(28)24-17(27)12-22/h6-9,15-16H,4-5,10-12,22H2,1-3H3,(H,23,30)(H,24,27,28). The molecular weight excluding hydrogens is 434 g/mol. The highest BCUT2D eigenvalue weighted by Crippen LogP contribution is 2.21. The second-order valence-electron chi connectivity index (χ2n) is 8.63. The molecule has 0 aromatic heterocycles. The van der Waals surface area contributed by atoms with Gasteiger partial charge in [0.2, 0.25) is 17.7 Å². The van der Waals surface area contributed by atoms with Crippen molar-refractivity contribution in [1.82, 2.24) is 15.5 Å². The number of carbonyl (C=O) groups excluding carboxylic acids is 4. The zero-order valence-corrected chi connectivity index (χ0v) is 18.8. The van der Waals surface area contributed by atoms with Crippen molar-refractivity contribution in [2.24, 2.45) is 5.73 Å². The van der Waals surface area contributed by atoms with Gasteiger partial charge >= 0.3 is 6.09 Å². The van der Waals surface area contributed by atoms with Crippen molar-refractivity contribution < 1.29 is 28.8 Å². The van der Waals surface area contributed by atoms with Gasteiger partial charge in [0, 0.05) is 25.1 Å². The summed E-state index contributed by atoms with van der Waals surface area (Å²) in [6.07, 6.45) is 0.0905. The molecule has 1 aromatic carbocycles. The van der Waals surface area contributed by atoms with Crippen molar-refractivity contribution in [3.8, 4) is 0 Å². The van der Waals surface area contributed by atoms with Crippen LogP contribution in [0.4, 0.5) is 10.5 Å². The fourth-order valence-electron chi connectivity index (χ4n) is 3.41. The van der Waals surface area contributed by atoms with Gasteiger partial charge in [0.05, 0.1) is 11.5 Å². The number of non-ortho nitro benzene ring substituents is 1. The topological polar surface area (TPSA) is 174 Å². The van der Waals surface area contributed by atoms with Gasteiger partial charge in [-0.2, -0.15) is 0 Å². The molecule has 0 saturated carbocycles. The van der Waals surface area contributed by atoms with E-state index in [0.29, 0.717) is 18.4 Å². The first kappa shape index (κ1) is 25.7. The Morgan fingerprint density at radius 3 is 2.42 bits per heavy atom. The van der Waals surface area contributed by atoms with Crippen LogP contribution in [0.2, 0.25) is 0 Å². The fraction of sp³-hybridized carbons (Fsp3) is 0.524. The highest BCUT2D eigenvalue weighted by atomic mass is 16.6. The third-order valence-electron chi connectivity index (χ3n) is 4.86. The van der Waals surface area contributed by atoms with Gasteiger partial charge in [-0.15, -0.1) is 0 Å². The quantitative estimate of drug-likeness (QED) is 0.390. The second-order valence-corrected chi connectivity index (χ2v) is 8.63. The molecule has 33 heavy (non-hydrogen) atoms. The lowest BCUT2D eigenvalue weighted by molar-refractivity contribution is -0.384. The Bertz CT molecular complexity index is 911. The molecule has 0 spiro atoms. The number of benzene rings is 1. The first-order valence-electron chi connectivity index (χ1n) is 10.5. The van der Waals surface area contributed by atoms with Crippen LogP contribution in [0, 0.1) is 10.1 Å². The lowest BCUT2D eigenvalue weighted by Crippen LogP contribution is -2.55. The summed E-state index contributed by atoms with van der Waals surface area (Å²) in [5.74, 6) is -1.83. The summed E-state index contributed by atoms with van der Waals surface area (Å²) >= 11 is 0. The maximum atomic E-state index is 13.4. The van der Waals surface area contributed by atoms with Gasteiger partial charge in [-0.25, -0.2) is 4.79 Å². The first-order valence-corrected chi connectivity index (χ1v) is 10.5. The molecule has 1 aliphatic heterocycles. The Morgan fingerprint density at radius 2 is 1.88 bits per heavy atom. The summed E-state index contributed by atoms with van der Waals surface area (Å²) in [7, 11) is 0. The van der Waals surface area contributed by atoms with Crippen molar-refractivity contribution in [2.45, 2.75) is 57.7 Å². The summed E-state index contributed by atoms with van der Waals surface area (Å²) in [6.45, 7) is 4.93. The van der Waals surface area contributed by atoms with Gasteiger partial charge in [-0.05, 0) is 39.2 Å². The normalized spacial score (nSPS) is 16.6. The smallest absolute Gasteiger partial charge is 0.408 e. The minimum atomic E-state index is -1.10. The summed E-state index contributed by atoms with van der Waals surface area (Å²) in [6, 6.07) is 3.60. The summed E-state index contributed by atoms with van der Waals surface area (Å²) in [5.41, 5.74) is 4.89. The predicted molar refractivity (Wildman–Crippen MR) is 117 cm³/mol. The molecule has 1 aliphatic rings. The van der Waals surface area contributed by atoms with E-state index in [2.05, 4.69) is 10.6 Å². The van der Waals surface area contributed by atoms with Crippen LogP contribution >= 0.6 is 0 Å². The molecule has 1 fully saturated rings. The maximum absolute atomic E-state index is 13.4. The Morgan fingerprint density at radius 1 is 1.24 bits per heavy atom. The molecule has 1 heterocycles. The molecule has 4 amide bonds. The average molecular weight is 463 g/mol. The van der Waals surface area contributed by atoms with E-state index in [1.54, 1.807) is 20.8 Å². The van der Waals surface area contributed by atoms with Gasteiger partial charge in [0.1, 0.15) is 17.7 Å². The number of nitro benzene ring substituents is 1. The van der Waals surface area contributed by atoms with Crippen molar-refractivity contribution in [1.29, 1.82) is 0 Å². The maximum Gasteiger partial charge on any atom is 0.408 e. The Kier molecular flexibility index (Phi) is 8.46. The number of carbonyl (C=O) groups is 4. The van der Waals surface area contributed by atoms with Gasteiger partial charge < -0.3 is 20.7 Å². The molecule has 12 nitrogen and oxygen atoms in total. The number of ether oxygens (including phenoxy) is 1. The lowest BCUT2D eigenvalue weighted by Gasteiger charge is -2.29. The molecule has 4 N–H and O–H groups in total. The Balaban J connectivity index is 2.24. The number of nitrogens with one attached hydrogen (secondary N) is 2. The summed E-state index contributed by atoms with van der Waals surface area (Å²) in [4.78, 5) is 61.4. The van der Waals surface area contributed by atoms with Crippen LogP contribution < -0.4 is 16.4 Å². The van der Waals surface area contributed by atoms with Crippen LogP contribution in [0.5, 0.6) is 0 Å². The number of hydrogen-bond donors (Lipinski definition) is 3. The van der Waals surface area contributed by atoms with E-state index >= 15 is 0 Å². The number of rotatable bonds is 7. The molecular formula is C21H29N5O7. The van der Waals surface area contributed by atoms with E-state index in [1.165, 1.54) is 29.2 Å². The van der Waals surface area contributed by atoms with Gasteiger partial charge in [0.25, 0.3) is 5.69 Å². The third-order valence-corrected chi connectivity index (χ3v) is 4.86.